The Balaban J connectivity index is 0.000000234. The van der Waals surface area contributed by atoms with Crippen LogP contribution in [-0.2, 0) is 4.74 Å². The number of aldehydes is 1. The van der Waals surface area contributed by atoms with Gasteiger partial charge >= 0.3 is 5.97 Å². The maximum Gasteiger partial charge on any atom is 0.341 e. The molecule has 150 valence electrons. The molecule has 3 rings (SSSR count). The van der Waals surface area contributed by atoms with Gasteiger partial charge in [0.15, 0.2) is 12.0 Å². The molecule has 0 aliphatic carbocycles. The number of ether oxygens (including phenoxy) is 1. The summed E-state index contributed by atoms with van der Waals surface area (Å²) >= 11 is 7.36. The summed E-state index contributed by atoms with van der Waals surface area (Å²) < 4.78 is 9.87. The van der Waals surface area contributed by atoms with E-state index in [9.17, 15) is 9.59 Å². The molecular weight excluding hydrogens is 410 g/mol. The van der Waals surface area contributed by atoms with Gasteiger partial charge in [-0.2, -0.15) is 0 Å². The number of benzene rings is 1. The number of hydrogen-bond acceptors (Lipinski definition) is 6. The average Bonchev–Trinajstić information content (AvgIpc) is 3.37. The van der Waals surface area contributed by atoms with Gasteiger partial charge < -0.3 is 14.5 Å². The Morgan fingerprint density at radius 2 is 1.93 bits per heavy atom. The Hall–Kier alpha value is -3.09. The number of halogens is 1. The van der Waals surface area contributed by atoms with Crippen molar-refractivity contribution in [2.75, 3.05) is 19.5 Å². The first-order valence-electron chi connectivity index (χ1n) is 8.46. The van der Waals surface area contributed by atoms with Crippen molar-refractivity contribution >= 4 is 53.0 Å². The van der Waals surface area contributed by atoms with Gasteiger partial charge in [0.25, 0.3) is 0 Å². The second-order valence-electron chi connectivity index (χ2n) is 5.60. The Morgan fingerprint density at radius 3 is 2.41 bits per heavy atom. The highest BCUT2D eigenvalue weighted by atomic mass is 35.5. The van der Waals surface area contributed by atoms with E-state index in [1.165, 1.54) is 18.4 Å². The molecule has 0 saturated heterocycles. The van der Waals surface area contributed by atoms with Crippen molar-refractivity contribution in [1.82, 2.24) is 0 Å². The lowest BCUT2D eigenvalue weighted by molar-refractivity contribution is 0.0603. The molecule has 2 aromatic heterocycles. The van der Waals surface area contributed by atoms with Crippen LogP contribution in [0.5, 0.6) is 0 Å². The first-order valence-corrected chi connectivity index (χ1v) is 9.72. The Kier molecular flexibility index (Phi) is 8.00. The van der Waals surface area contributed by atoms with Gasteiger partial charge in [-0.15, -0.1) is 11.3 Å². The SMILES string of the molecule is C=Cc1cc(C=O)oc1C=C.CNc1csc(-c2ccc(Cl)cc2)c1C(=O)OC. The van der Waals surface area contributed by atoms with E-state index < -0.39 is 0 Å². The Bertz CT molecular complexity index is 993. The van der Waals surface area contributed by atoms with E-state index >= 15 is 0 Å². The number of nitrogens with one attached hydrogen (secondary N) is 1. The number of carbonyl (C=O) groups is 2. The van der Waals surface area contributed by atoms with Gasteiger partial charge in [0.2, 0.25) is 0 Å². The topological polar surface area (TPSA) is 68.5 Å². The molecule has 1 aromatic carbocycles. The van der Waals surface area contributed by atoms with Gasteiger partial charge in [-0.05, 0) is 29.8 Å². The molecular formula is C22H20ClNO4S. The molecule has 0 aliphatic heterocycles. The van der Waals surface area contributed by atoms with Crippen molar-refractivity contribution in [2.24, 2.45) is 0 Å². The monoisotopic (exact) mass is 429 g/mol. The summed E-state index contributed by atoms with van der Waals surface area (Å²) in [4.78, 5) is 23.0. The molecule has 29 heavy (non-hydrogen) atoms. The third-order valence-corrected chi connectivity index (χ3v) is 5.17. The van der Waals surface area contributed by atoms with Crippen molar-refractivity contribution in [3.8, 4) is 10.4 Å². The van der Waals surface area contributed by atoms with E-state index in [0.29, 0.717) is 28.4 Å². The van der Waals surface area contributed by atoms with E-state index in [-0.39, 0.29) is 5.97 Å². The van der Waals surface area contributed by atoms with Gasteiger partial charge in [0.1, 0.15) is 11.3 Å². The zero-order valence-corrected chi connectivity index (χ0v) is 17.6. The van der Waals surface area contributed by atoms with Crippen molar-refractivity contribution in [1.29, 1.82) is 0 Å². The third-order valence-electron chi connectivity index (χ3n) is 3.89. The van der Waals surface area contributed by atoms with Crippen LogP contribution in [0.15, 0.2) is 53.3 Å². The summed E-state index contributed by atoms with van der Waals surface area (Å²) in [5.41, 5.74) is 3.08. The predicted molar refractivity (Wildman–Crippen MR) is 120 cm³/mol. The van der Waals surface area contributed by atoms with Crippen LogP contribution in [0.1, 0.15) is 32.2 Å². The minimum absolute atomic E-state index is 0.301. The molecule has 7 heteroatoms. The van der Waals surface area contributed by atoms with Gasteiger partial charge in [-0.25, -0.2) is 4.79 Å². The number of anilines is 1. The molecule has 5 nitrogen and oxygen atoms in total. The molecule has 0 atom stereocenters. The van der Waals surface area contributed by atoms with Crippen LogP contribution in [0, 0.1) is 0 Å². The largest absolute Gasteiger partial charge is 0.465 e. The van der Waals surface area contributed by atoms with Crippen LogP contribution >= 0.6 is 22.9 Å². The molecule has 0 aliphatic rings. The number of thiophene rings is 1. The van der Waals surface area contributed by atoms with Gasteiger partial charge in [-0.1, -0.05) is 43.0 Å². The standard InChI is InChI=1S/C13H12ClNO2S.C9H8O2/c1-15-10-7-18-12(11(10)13(16)17-2)8-3-5-9(14)6-4-8;1-3-7-5-8(6-10)11-9(7)4-2/h3-7,15H,1-2H3;3-6H,1-2H2. The number of rotatable bonds is 6. The van der Waals surface area contributed by atoms with Gasteiger partial charge in [0.05, 0.1) is 17.7 Å². The smallest absolute Gasteiger partial charge is 0.341 e. The molecule has 0 unspecified atom stereocenters. The normalized spacial score (nSPS) is 9.76. The highest BCUT2D eigenvalue weighted by molar-refractivity contribution is 7.14. The van der Waals surface area contributed by atoms with Crippen molar-refractivity contribution in [3.63, 3.8) is 0 Å². The van der Waals surface area contributed by atoms with Crippen LogP contribution in [0.25, 0.3) is 22.6 Å². The second-order valence-corrected chi connectivity index (χ2v) is 6.91. The molecule has 3 aromatic rings. The number of methoxy groups -OCH3 is 1. The fourth-order valence-corrected chi connectivity index (χ4v) is 3.66. The van der Waals surface area contributed by atoms with Crippen molar-refractivity contribution in [2.45, 2.75) is 0 Å². The zero-order chi connectivity index (χ0) is 21.4. The number of esters is 1. The Labute approximate surface area is 178 Å². The maximum atomic E-state index is 11.8. The molecule has 0 radical (unpaired) electrons. The summed E-state index contributed by atoms with van der Waals surface area (Å²) in [5.74, 6) is 0.544. The van der Waals surface area contributed by atoms with Gasteiger partial charge in [0, 0.05) is 23.0 Å². The highest BCUT2D eigenvalue weighted by Crippen LogP contribution is 2.36. The average molecular weight is 430 g/mol. The summed E-state index contributed by atoms with van der Waals surface area (Å²) in [5, 5.41) is 5.57. The van der Waals surface area contributed by atoms with Crippen LogP contribution in [0.2, 0.25) is 5.02 Å². The summed E-state index contributed by atoms with van der Waals surface area (Å²) in [6.45, 7) is 7.09. The summed E-state index contributed by atoms with van der Waals surface area (Å²) in [6.07, 6.45) is 3.82. The fourth-order valence-electron chi connectivity index (χ4n) is 2.48. The molecule has 0 saturated carbocycles. The van der Waals surface area contributed by atoms with Crippen molar-refractivity contribution < 1.29 is 18.7 Å². The number of carbonyl (C=O) groups excluding carboxylic acids is 2. The van der Waals surface area contributed by atoms with E-state index in [1.807, 2.05) is 17.5 Å². The number of hydrogen-bond donors (Lipinski definition) is 1. The second kappa shape index (κ2) is 10.5. The van der Waals surface area contributed by atoms with E-state index in [4.69, 9.17) is 20.8 Å². The number of furan rings is 1. The minimum Gasteiger partial charge on any atom is -0.465 e. The molecule has 0 spiro atoms. The first kappa shape index (κ1) is 22.2. The molecule has 1 N–H and O–H groups in total. The van der Waals surface area contributed by atoms with E-state index in [0.717, 1.165) is 21.7 Å². The van der Waals surface area contributed by atoms with E-state index in [1.54, 1.807) is 37.4 Å². The zero-order valence-electron chi connectivity index (χ0n) is 16.0. The lowest BCUT2D eigenvalue weighted by Crippen LogP contribution is -2.04. The fraction of sp³-hybridized carbons (Fsp3) is 0.0909. The molecule has 2 heterocycles. The summed E-state index contributed by atoms with van der Waals surface area (Å²) in [7, 11) is 3.16. The van der Waals surface area contributed by atoms with Crippen molar-refractivity contribution in [3.05, 3.63) is 76.5 Å². The lowest BCUT2D eigenvalue weighted by Gasteiger charge is -2.05. The summed E-state index contributed by atoms with van der Waals surface area (Å²) in [6, 6.07) is 9.00. The third kappa shape index (κ3) is 5.25. The lowest BCUT2D eigenvalue weighted by atomic mass is 10.1. The Morgan fingerprint density at radius 1 is 1.24 bits per heavy atom. The van der Waals surface area contributed by atoms with Crippen LogP contribution in [-0.4, -0.2) is 26.4 Å². The van der Waals surface area contributed by atoms with E-state index in [2.05, 4.69) is 18.5 Å². The predicted octanol–water partition coefficient (Wildman–Crippen LogP) is 6.27. The molecule has 0 amide bonds. The minimum atomic E-state index is -0.342. The maximum absolute atomic E-state index is 11.8. The molecule has 0 bridgehead atoms. The quantitative estimate of drug-likeness (QED) is 0.369. The van der Waals surface area contributed by atoms with Crippen LogP contribution in [0.4, 0.5) is 5.69 Å². The highest BCUT2D eigenvalue weighted by Gasteiger charge is 2.20. The van der Waals surface area contributed by atoms with Gasteiger partial charge in [-0.3, -0.25) is 4.79 Å². The van der Waals surface area contributed by atoms with Crippen LogP contribution in [0.3, 0.4) is 0 Å². The van der Waals surface area contributed by atoms with Crippen LogP contribution < -0.4 is 5.32 Å². The molecule has 0 fully saturated rings. The first-order chi connectivity index (χ1) is 14.0.